The van der Waals surface area contributed by atoms with Crippen LogP contribution in [-0.2, 0) is 16.0 Å². The van der Waals surface area contributed by atoms with Crippen molar-refractivity contribution in [2.45, 2.75) is 13.3 Å². The van der Waals surface area contributed by atoms with E-state index in [1.165, 1.54) is 6.08 Å². The monoisotopic (exact) mass is 449 g/mol. The van der Waals surface area contributed by atoms with Gasteiger partial charge in [-0.05, 0) is 60.5 Å². The third-order valence-electron chi connectivity index (χ3n) is 5.74. The van der Waals surface area contributed by atoms with Crippen LogP contribution in [0.1, 0.15) is 18.1 Å². The average molecular weight is 450 g/mol. The Morgan fingerprint density at radius 1 is 1.06 bits per heavy atom. The Bertz CT molecular complexity index is 1380. The largest absolute Gasteiger partial charge is 0.323 e. The molecule has 1 aliphatic heterocycles. The van der Waals surface area contributed by atoms with Crippen LogP contribution < -0.4 is 10.2 Å². The SMILES string of the molecule is CC(=O)N1CCc2cc(NC(=O)/C=C/c3cn(-c4ccccc4)nc3-c3cccnc3)ccc21. The minimum atomic E-state index is -0.244. The van der Waals surface area contributed by atoms with E-state index in [1.54, 1.807) is 35.0 Å². The molecule has 34 heavy (non-hydrogen) atoms. The first-order valence-electron chi connectivity index (χ1n) is 11.0. The Balaban J connectivity index is 1.38. The summed E-state index contributed by atoms with van der Waals surface area (Å²) in [5.74, 6) is -0.218. The van der Waals surface area contributed by atoms with Crippen LogP contribution in [0.25, 0.3) is 23.0 Å². The van der Waals surface area contributed by atoms with Gasteiger partial charge in [-0.3, -0.25) is 14.6 Å². The zero-order chi connectivity index (χ0) is 23.5. The van der Waals surface area contributed by atoms with E-state index >= 15 is 0 Å². The van der Waals surface area contributed by atoms with Gasteiger partial charge in [-0.15, -0.1) is 0 Å². The van der Waals surface area contributed by atoms with Gasteiger partial charge >= 0.3 is 0 Å². The van der Waals surface area contributed by atoms with Crippen LogP contribution in [-0.4, -0.2) is 33.1 Å². The normalized spacial score (nSPS) is 12.7. The Hall–Kier alpha value is -4.52. The summed E-state index contributed by atoms with van der Waals surface area (Å²) in [7, 11) is 0. The van der Waals surface area contributed by atoms with E-state index in [9.17, 15) is 9.59 Å². The molecule has 168 valence electrons. The topological polar surface area (TPSA) is 80.1 Å². The number of fused-ring (bicyclic) bond motifs is 1. The van der Waals surface area contributed by atoms with Crippen LogP contribution in [0.2, 0.25) is 0 Å². The summed E-state index contributed by atoms with van der Waals surface area (Å²) in [5, 5.41) is 7.65. The van der Waals surface area contributed by atoms with Gasteiger partial charge in [-0.25, -0.2) is 4.68 Å². The molecule has 2 aromatic heterocycles. The molecule has 2 aromatic carbocycles. The minimum absolute atomic E-state index is 0.0268. The number of para-hydroxylation sites is 1. The molecule has 0 fully saturated rings. The van der Waals surface area contributed by atoms with Crippen LogP contribution >= 0.6 is 0 Å². The van der Waals surface area contributed by atoms with Gasteiger partial charge in [-0.2, -0.15) is 5.10 Å². The number of anilines is 2. The van der Waals surface area contributed by atoms with E-state index in [1.807, 2.05) is 66.9 Å². The van der Waals surface area contributed by atoms with Crippen molar-refractivity contribution in [3.8, 4) is 16.9 Å². The van der Waals surface area contributed by atoms with Crippen molar-refractivity contribution < 1.29 is 9.59 Å². The molecule has 2 amide bonds. The maximum Gasteiger partial charge on any atom is 0.248 e. The average Bonchev–Trinajstić information content (AvgIpc) is 3.48. The number of aromatic nitrogens is 3. The molecule has 0 radical (unpaired) electrons. The molecule has 1 aliphatic rings. The van der Waals surface area contributed by atoms with Gasteiger partial charge in [0, 0.05) is 60.6 Å². The number of pyridine rings is 1. The lowest BCUT2D eigenvalue weighted by Crippen LogP contribution is -2.25. The summed E-state index contributed by atoms with van der Waals surface area (Å²) < 4.78 is 1.79. The maximum absolute atomic E-state index is 12.7. The van der Waals surface area contributed by atoms with Gasteiger partial charge in [0.1, 0.15) is 5.69 Å². The molecule has 3 heterocycles. The number of nitrogens with zero attached hydrogens (tertiary/aromatic N) is 4. The Kier molecular flexibility index (Phi) is 5.74. The molecule has 7 nitrogen and oxygen atoms in total. The Morgan fingerprint density at radius 2 is 1.91 bits per heavy atom. The highest BCUT2D eigenvalue weighted by Crippen LogP contribution is 2.30. The molecular formula is C27H23N5O2. The standard InChI is InChI=1S/C27H23N5O2/c1-19(33)31-15-13-20-16-23(10-11-25(20)31)29-26(34)12-9-22-18-32(24-7-3-2-4-8-24)30-27(22)21-6-5-14-28-17-21/h2-12,14,16-18H,13,15H2,1H3,(H,29,34)/b12-9+. The van der Waals surface area contributed by atoms with E-state index in [2.05, 4.69) is 10.3 Å². The number of hydrogen-bond donors (Lipinski definition) is 1. The van der Waals surface area contributed by atoms with Crippen LogP contribution in [0.4, 0.5) is 11.4 Å². The van der Waals surface area contributed by atoms with E-state index in [-0.39, 0.29) is 11.8 Å². The third kappa shape index (κ3) is 4.36. The van der Waals surface area contributed by atoms with Crippen molar-refractivity contribution in [1.82, 2.24) is 14.8 Å². The fourth-order valence-corrected chi connectivity index (χ4v) is 4.11. The van der Waals surface area contributed by atoms with Gasteiger partial charge in [0.15, 0.2) is 0 Å². The first kappa shape index (κ1) is 21.3. The summed E-state index contributed by atoms with van der Waals surface area (Å²) in [5.41, 5.74) is 6.00. The summed E-state index contributed by atoms with van der Waals surface area (Å²) in [6.07, 6.45) is 9.40. The Labute approximate surface area is 197 Å². The van der Waals surface area contributed by atoms with Gasteiger partial charge in [0.2, 0.25) is 11.8 Å². The maximum atomic E-state index is 12.7. The fraction of sp³-hybridized carbons (Fsp3) is 0.111. The number of nitrogens with one attached hydrogen (secondary N) is 1. The number of carbonyl (C=O) groups excluding carboxylic acids is 2. The van der Waals surface area contributed by atoms with E-state index < -0.39 is 0 Å². The van der Waals surface area contributed by atoms with Crippen LogP contribution in [0.5, 0.6) is 0 Å². The zero-order valence-electron chi connectivity index (χ0n) is 18.7. The smallest absolute Gasteiger partial charge is 0.248 e. The second-order valence-corrected chi connectivity index (χ2v) is 8.04. The number of benzene rings is 2. The molecule has 7 heteroatoms. The highest BCUT2D eigenvalue weighted by molar-refractivity contribution is 6.03. The van der Waals surface area contributed by atoms with Crippen molar-refractivity contribution in [1.29, 1.82) is 0 Å². The van der Waals surface area contributed by atoms with Crippen molar-refractivity contribution in [2.24, 2.45) is 0 Å². The number of carbonyl (C=O) groups is 2. The molecule has 1 N–H and O–H groups in total. The molecule has 0 atom stereocenters. The van der Waals surface area contributed by atoms with Crippen LogP contribution in [0.3, 0.4) is 0 Å². The quantitative estimate of drug-likeness (QED) is 0.455. The highest BCUT2D eigenvalue weighted by Gasteiger charge is 2.22. The van der Waals surface area contributed by atoms with E-state index in [0.717, 1.165) is 40.2 Å². The van der Waals surface area contributed by atoms with Gasteiger partial charge in [0.25, 0.3) is 0 Å². The molecule has 0 saturated heterocycles. The fourth-order valence-electron chi connectivity index (χ4n) is 4.11. The summed E-state index contributed by atoms with van der Waals surface area (Å²) in [6, 6.07) is 19.2. The van der Waals surface area contributed by atoms with Gasteiger partial charge in [0.05, 0.1) is 5.69 Å². The zero-order valence-corrected chi connectivity index (χ0v) is 18.7. The number of rotatable bonds is 5. The Morgan fingerprint density at radius 3 is 2.68 bits per heavy atom. The van der Waals surface area contributed by atoms with E-state index in [0.29, 0.717) is 12.2 Å². The number of hydrogen-bond acceptors (Lipinski definition) is 4. The summed E-state index contributed by atoms with van der Waals surface area (Å²) in [4.78, 5) is 30.4. The van der Waals surface area contributed by atoms with Crippen LogP contribution in [0.15, 0.2) is 85.3 Å². The molecule has 0 aliphatic carbocycles. The molecule has 0 unspecified atom stereocenters. The molecule has 0 bridgehead atoms. The second-order valence-electron chi connectivity index (χ2n) is 8.04. The predicted molar refractivity (Wildman–Crippen MR) is 133 cm³/mol. The number of amides is 2. The lowest BCUT2D eigenvalue weighted by Gasteiger charge is -2.14. The minimum Gasteiger partial charge on any atom is -0.323 e. The van der Waals surface area contributed by atoms with Crippen molar-refractivity contribution in [3.63, 3.8) is 0 Å². The highest BCUT2D eigenvalue weighted by atomic mass is 16.2. The third-order valence-corrected chi connectivity index (χ3v) is 5.74. The molecule has 4 aromatic rings. The first-order valence-corrected chi connectivity index (χ1v) is 11.0. The molecule has 0 spiro atoms. The van der Waals surface area contributed by atoms with E-state index in [4.69, 9.17) is 5.10 Å². The van der Waals surface area contributed by atoms with Crippen LogP contribution in [0, 0.1) is 0 Å². The van der Waals surface area contributed by atoms with Crippen molar-refractivity contribution in [3.05, 3.63) is 96.5 Å². The lowest BCUT2D eigenvalue weighted by molar-refractivity contribution is -0.116. The van der Waals surface area contributed by atoms with Gasteiger partial charge in [-0.1, -0.05) is 18.2 Å². The van der Waals surface area contributed by atoms with Gasteiger partial charge < -0.3 is 10.2 Å². The lowest BCUT2D eigenvalue weighted by atomic mass is 10.1. The molecule has 0 saturated carbocycles. The second kappa shape index (κ2) is 9.15. The summed E-state index contributed by atoms with van der Waals surface area (Å²) >= 11 is 0. The predicted octanol–water partition coefficient (Wildman–Crippen LogP) is 4.50. The summed E-state index contributed by atoms with van der Waals surface area (Å²) in [6.45, 7) is 2.24. The molecule has 5 rings (SSSR count). The van der Waals surface area contributed by atoms with Crippen molar-refractivity contribution in [2.75, 3.05) is 16.8 Å². The van der Waals surface area contributed by atoms with Crippen molar-refractivity contribution >= 4 is 29.3 Å². The molecular weight excluding hydrogens is 426 g/mol. The first-order chi connectivity index (χ1) is 16.6.